The molecule has 21 heavy (non-hydrogen) atoms. The largest absolute Gasteiger partial charge is 0.497 e. The van der Waals surface area contributed by atoms with E-state index in [0.717, 1.165) is 30.6 Å². The van der Waals surface area contributed by atoms with Gasteiger partial charge in [-0.2, -0.15) is 0 Å². The molecular formula is C17H23NO3. The highest BCUT2D eigenvalue weighted by Crippen LogP contribution is 2.22. The average molecular weight is 289 g/mol. The molecule has 0 fully saturated rings. The Kier molecular flexibility index (Phi) is 5.81. The SMILES string of the molecule is COc1cccc([C@H](CNC(=O)[C@H]2CC=CCC2)OC)c1. The van der Waals surface area contributed by atoms with Crippen LogP contribution in [0.15, 0.2) is 36.4 Å². The summed E-state index contributed by atoms with van der Waals surface area (Å²) in [4.78, 5) is 12.1. The zero-order valence-electron chi connectivity index (χ0n) is 12.7. The minimum atomic E-state index is -0.164. The molecule has 1 aromatic rings. The molecule has 0 saturated carbocycles. The van der Waals surface area contributed by atoms with E-state index in [1.165, 1.54) is 0 Å². The van der Waals surface area contributed by atoms with Gasteiger partial charge in [0.05, 0.1) is 13.2 Å². The van der Waals surface area contributed by atoms with E-state index in [1.54, 1.807) is 14.2 Å². The Morgan fingerprint density at radius 1 is 1.38 bits per heavy atom. The van der Waals surface area contributed by atoms with Gasteiger partial charge < -0.3 is 14.8 Å². The predicted octanol–water partition coefficient (Wildman–Crippen LogP) is 2.86. The molecule has 0 aliphatic heterocycles. The van der Waals surface area contributed by atoms with Gasteiger partial charge in [0, 0.05) is 19.6 Å². The number of carbonyl (C=O) groups excluding carboxylic acids is 1. The lowest BCUT2D eigenvalue weighted by Crippen LogP contribution is -2.34. The van der Waals surface area contributed by atoms with E-state index in [9.17, 15) is 4.79 Å². The van der Waals surface area contributed by atoms with E-state index in [2.05, 4.69) is 17.5 Å². The molecule has 0 unspecified atom stereocenters. The first kappa shape index (κ1) is 15.6. The fraction of sp³-hybridized carbons (Fsp3) is 0.471. The molecule has 2 rings (SSSR count). The van der Waals surface area contributed by atoms with Crippen LogP contribution in [0, 0.1) is 5.92 Å². The van der Waals surface area contributed by atoms with E-state index >= 15 is 0 Å². The van der Waals surface area contributed by atoms with Gasteiger partial charge in [-0.3, -0.25) is 4.79 Å². The number of benzene rings is 1. The molecular weight excluding hydrogens is 266 g/mol. The molecule has 1 aliphatic rings. The van der Waals surface area contributed by atoms with Crippen molar-refractivity contribution in [2.75, 3.05) is 20.8 Å². The Labute approximate surface area is 126 Å². The van der Waals surface area contributed by atoms with Gasteiger partial charge in [0.25, 0.3) is 0 Å². The summed E-state index contributed by atoms with van der Waals surface area (Å²) in [6.45, 7) is 0.475. The number of hydrogen-bond donors (Lipinski definition) is 1. The molecule has 0 spiro atoms. The molecule has 0 heterocycles. The number of amides is 1. The lowest BCUT2D eigenvalue weighted by Gasteiger charge is -2.21. The molecule has 0 radical (unpaired) electrons. The van der Waals surface area contributed by atoms with Crippen LogP contribution in [0.25, 0.3) is 0 Å². The Balaban J connectivity index is 1.92. The summed E-state index contributed by atoms with van der Waals surface area (Å²) in [7, 11) is 3.29. The highest BCUT2D eigenvalue weighted by atomic mass is 16.5. The molecule has 2 atom stereocenters. The molecule has 1 N–H and O–H groups in total. The minimum absolute atomic E-state index is 0.0952. The lowest BCUT2D eigenvalue weighted by molar-refractivity contribution is -0.125. The van der Waals surface area contributed by atoms with Crippen molar-refractivity contribution >= 4 is 5.91 Å². The summed E-state index contributed by atoms with van der Waals surface area (Å²) in [6, 6.07) is 7.73. The van der Waals surface area contributed by atoms with E-state index in [4.69, 9.17) is 9.47 Å². The maximum atomic E-state index is 12.1. The standard InChI is InChI=1S/C17H23NO3/c1-20-15-10-6-9-14(11-15)16(21-2)12-18-17(19)13-7-4-3-5-8-13/h3-4,6,9-11,13,16H,5,7-8,12H2,1-2H3,(H,18,19)/t13-,16-/m0/s1. The third-order valence-corrected chi connectivity index (χ3v) is 3.85. The van der Waals surface area contributed by atoms with Crippen LogP contribution in [0.5, 0.6) is 5.75 Å². The number of ether oxygens (including phenoxy) is 2. The number of hydrogen-bond acceptors (Lipinski definition) is 3. The highest BCUT2D eigenvalue weighted by molar-refractivity contribution is 5.79. The number of methoxy groups -OCH3 is 2. The van der Waals surface area contributed by atoms with Crippen molar-refractivity contribution in [3.8, 4) is 5.75 Å². The predicted molar refractivity (Wildman–Crippen MR) is 82.2 cm³/mol. The fourth-order valence-electron chi connectivity index (χ4n) is 2.55. The second-order valence-corrected chi connectivity index (χ2v) is 5.23. The van der Waals surface area contributed by atoms with E-state index < -0.39 is 0 Å². The van der Waals surface area contributed by atoms with Crippen molar-refractivity contribution in [3.05, 3.63) is 42.0 Å². The van der Waals surface area contributed by atoms with Crippen LogP contribution in [-0.2, 0) is 9.53 Å². The Hall–Kier alpha value is -1.81. The first-order valence-electron chi connectivity index (χ1n) is 7.34. The minimum Gasteiger partial charge on any atom is -0.497 e. The first-order valence-corrected chi connectivity index (χ1v) is 7.34. The van der Waals surface area contributed by atoms with E-state index in [1.807, 2.05) is 24.3 Å². The maximum Gasteiger partial charge on any atom is 0.223 e. The van der Waals surface area contributed by atoms with Crippen LogP contribution < -0.4 is 10.1 Å². The summed E-state index contributed by atoms with van der Waals surface area (Å²) in [6.07, 6.45) is 6.81. The van der Waals surface area contributed by atoms with Gasteiger partial charge >= 0.3 is 0 Å². The van der Waals surface area contributed by atoms with Gasteiger partial charge in [0.15, 0.2) is 0 Å². The molecule has 4 heteroatoms. The zero-order valence-corrected chi connectivity index (χ0v) is 12.7. The molecule has 1 amide bonds. The van der Waals surface area contributed by atoms with Crippen molar-refractivity contribution in [2.45, 2.75) is 25.4 Å². The van der Waals surface area contributed by atoms with Gasteiger partial charge in [-0.15, -0.1) is 0 Å². The van der Waals surface area contributed by atoms with E-state index in [0.29, 0.717) is 6.54 Å². The van der Waals surface area contributed by atoms with Gasteiger partial charge in [-0.05, 0) is 37.0 Å². The molecule has 1 aliphatic carbocycles. The number of rotatable bonds is 6. The molecule has 4 nitrogen and oxygen atoms in total. The Morgan fingerprint density at radius 2 is 2.24 bits per heavy atom. The van der Waals surface area contributed by atoms with Crippen molar-refractivity contribution in [3.63, 3.8) is 0 Å². The molecule has 0 bridgehead atoms. The van der Waals surface area contributed by atoms with Crippen LogP contribution in [0.1, 0.15) is 30.9 Å². The van der Waals surface area contributed by atoms with Crippen LogP contribution in [0.3, 0.4) is 0 Å². The summed E-state index contributed by atoms with van der Waals surface area (Å²) in [5.41, 5.74) is 1.00. The normalized spacial score (nSPS) is 19.0. The third kappa shape index (κ3) is 4.33. The highest BCUT2D eigenvalue weighted by Gasteiger charge is 2.20. The van der Waals surface area contributed by atoms with Crippen molar-refractivity contribution in [2.24, 2.45) is 5.92 Å². The van der Waals surface area contributed by atoms with Gasteiger partial charge in [-0.25, -0.2) is 0 Å². The summed E-state index contributed by atoms with van der Waals surface area (Å²) < 4.78 is 10.7. The number of carbonyl (C=O) groups is 1. The van der Waals surface area contributed by atoms with Gasteiger partial charge in [0.2, 0.25) is 5.91 Å². The van der Waals surface area contributed by atoms with E-state index in [-0.39, 0.29) is 17.9 Å². The number of allylic oxidation sites excluding steroid dienone is 2. The molecule has 1 aromatic carbocycles. The molecule has 0 aromatic heterocycles. The summed E-state index contributed by atoms with van der Waals surface area (Å²) in [5.74, 6) is 1.00. The van der Waals surface area contributed by atoms with Gasteiger partial charge in [0.1, 0.15) is 5.75 Å². The quantitative estimate of drug-likeness (QED) is 0.819. The summed E-state index contributed by atoms with van der Waals surface area (Å²) in [5, 5.41) is 3.00. The Morgan fingerprint density at radius 3 is 2.90 bits per heavy atom. The second kappa shape index (κ2) is 7.84. The van der Waals surface area contributed by atoms with Crippen LogP contribution in [0.4, 0.5) is 0 Å². The second-order valence-electron chi connectivity index (χ2n) is 5.23. The average Bonchev–Trinajstić information content (AvgIpc) is 2.56. The van der Waals surface area contributed by atoms with Crippen molar-refractivity contribution in [1.82, 2.24) is 5.32 Å². The smallest absolute Gasteiger partial charge is 0.223 e. The lowest BCUT2D eigenvalue weighted by atomic mass is 9.93. The van der Waals surface area contributed by atoms with Crippen molar-refractivity contribution in [1.29, 1.82) is 0 Å². The van der Waals surface area contributed by atoms with Crippen LogP contribution in [0.2, 0.25) is 0 Å². The molecule has 0 saturated heterocycles. The third-order valence-electron chi connectivity index (χ3n) is 3.85. The fourth-order valence-corrected chi connectivity index (χ4v) is 2.55. The van der Waals surface area contributed by atoms with Crippen LogP contribution in [-0.4, -0.2) is 26.7 Å². The van der Waals surface area contributed by atoms with Crippen LogP contribution >= 0.6 is 0 Å². The zero-order chi connectivity index (χ0) is 15.1. The molecule has 114 valence electrons. The first-order chi connectivity index (χ1) is 10.2. The maximum absolute atomic E-state index is 12.1. The number of nitrogens with one attached hydrogen (secondary N) is 1. The summed E-state index contributed by atoms with van der Waals surface area (Å²) >= 11 is 0. The Bertz CT molecular complexity index is 499. The topological polar surface area (TPSA) is 47.6 Å². The van der Waals surface area contributed by atoms with Gasteiger partial charge in [-0.1, -0.05) is 24.3 Å². The van der Waals surface area contributed by atoms with Crippen molar-refractivity contribution < 1.29 is 14.3 Å². The monoisotopic (exact) mass is 289 g/mol.